The highest BCUT2D eigenvalue weighted by Crippen LogP contribution is 2.17. The van der Waals surface area contributed by atoms with Gasteiger partial charge in [0, 0.05) is 7.05 Å². The van der Waals surface area contributed by atoms with Crippen LogP contribution in [0.25, 0.3) is 0 Å². The third kappa shape index (κ3) is 3.14. The molecule has 3 N–H and O–H groups in total. The number of aliphatic hydroxyl groups excluding tert-OH is 1. The van der Waals surface area contributed by atoms with Crippen molar-refractivity contribution in [1.29, 1.82) is 0 Å². The second-order valence-corrected chi connectivity index (χ2v) is 3.27. The largest absolute Gasteiger partial charge is 0.508 e. The number of likely N-dealkylation sites (N-methyl/N-ethyl adjacent to an activating group) is 1. The Bertz CT molecular complexity index is 336. The first kappa shape index (κ1) is 11.3. The fourth-order valence-electron chi connectivity index (χ4n) is 1.14. The fourth-order valence-corrected chi connectivity index (χ4v) is 1.14. The zero-order chi connectivity index (χ0) is 11.4. The summed E-state index contributed by atoms with van der Waals surface area (Å²) in [7, 11) is 1.38. The smallest absolute Gasteiger partial charge is 0.407 e. The van der Waals surface area contributed by atoms with Crippen LogP contribution in [0, 0.1) is 0 Å². The van der Waals surface area contributed by atoms with E-state index in [0.717, 1.165) is 4.90 Å². The van der Waals surface area contributed by atoms with Crippen LogP contribution in [0.3, 0.4) is 0 Å². The van der Waals surface area contributed by atoms with Crippen LogP contribution < -0.4 is 0 Å². The summed E-state index contributed by atoms with van der Waals surface area (Å²) < 4.78 is 0. The Kier molecular flexibility index (Phi) is 3.51. The summed E-state index contributed by atoms with van der Waals surface area (Å²) in [5.41, 5.74) is 0.570. The Morgan fingerprint density at radius 1 is 1.40 bits per heavy atom. The van der Waals surface area contributed by atoms with E-state index in [4.69, 9.17) is 10.2 Å². The lowest BCUT2D eigenvalue weighted by atomic mass is 10.1. The number of benzene rings is 1. The van der Waals surface area contributed by atoms with E-state index in [2.05, 4.69) is 0 Å². The van der Waals surface area contributed by atoms with E-state index < -0.39 is 12.2 Å². The van der Waals surface area contributed by atoms with E-state index in [1.54, 1.807) is 12.1 Å². The van der Waals surface area contributed by atoms with Gasteiger partial charge >= 0.3 is 6.09 Å². The maximum atomic E-state index is 10.5. The summed E-state index contributed by atoms with van der Waals surface area (Å²) in [4.78, 5) is 11.5. The van der Waals surface area contributed by atoms with Gasteiger partial charge in [0.25, 0.3) is 0 Å². The van der Waals surface area contributed by atoms with Gasteiger partial charge in [0.1, 0.15) is 5.75 Å². The molecule has 1 rings (SSSR count). The molecule has 1 aromatic carbocycles. The third-order valence-corrected chi connectivity index (χ3v) is 2.05. The van der Waals surface area contributed by atoms with Gasteiger partial charge in [-0.2, -0.15) is 0 Å². The Morgan fingerprint density at radius 3 is 2.40 bits per heavy atom. The molecule has 1 atom stereocenters. The molecule has 0 aromatic heterocycles. The predicted octanol–water partition coefficient (Wildman–Crippen LogP) is 1.04. The lowest BCUT2D eigenvalue weighted by Gasteiger charge is -2.17. The highest BCUT2D eigenvalue weighted by atomic mass is 16.4. The minimum Gasteiger partial charge on any atom is -0.508 e. The monoisotopic (exact) mass is 211 g/mol. The number of aromatic hydroxyl groups is 1. The highest BCUT2D eigenvalue weighted by molar-refractivity contribution is 5.64. The SMILES string of the molecule is CN(CC(O)c1ccc(O)cc1)C(=O)O. The molecule has 0 spiro atoms. The molecule has 5 heteroatoms. The molecule has 1 aromatic rings. The minimum atomic E-state index is -1.09. The van der Waals surface area contributed by atoms with Crippen LogP contribution in [0.2, 0.25) is 0 Å². The first-order valence-electron chi connectivity index (χ1n) is 4.41. The zero-order valence-electron chi connectivity index (χ0n) is 8.29. The van der Waals surface area contributed by atoms with Gasteiger partial charge < -0.3 is 20.2 Å². The molecule has 0 heterocycles. The average Bonchev–Trinajstić information content (AvgIpc) is 2.18. The molecule has 0 aliphatic heterocycles. The van der Waals surface area contributed by atoms with Gasteiger partial charge in [0.05, 0.1) is 12.6 Å². The molecule has 0 aliphatic carbocycles. The normalized spacial score (nSPS) is 12.1. The lowest BCUT2D eigenvalue weighted by molar-refractivity contribution is 0.108. The fraction of sp³-hybridized carbons (Fsp3) is 0.300. The molecule has 5 nitrogen and oxygen atoms in total. The van der Waals surface area contributed by atoms with Gasteiger partial charge in [0.15, 0.2) is 0 Å². The predicted molar refractivity (Wildman–Crippen MR) is 53.7 cm³/mol. The molecular formula is C10H13NO4. The molecule has 0 saturated carbocycles. The number of amides is 1. The van der Waals surface area contributed by atoms with Crippen molar-refractivity contribution in [3.05, 3.63) is 29.8 Å². The summed E-state index contributed by atoms with van der Waals surface area (Å²) in [6, 6.07) is 5.99. The third-order valence-electron chi connectivity index (χ3n) is 2.05. The number of hydrogen-bond acceptors (Lipinski definition) is 3. The number of nitrogens with zero attached hydrogens (tertiary/aromatic N) is 1. The number of carbonyl (C=O) groups is 1. The topological polar surface area (TPSA) is 81.0 Å². The molecule has 0 bridgehead atoms. The second-order valence-electron chi connectivity index (χ2n) is 3.27. The van der Waals surface area contributed by atoms with Crippen LogP contribution in [0.15, 0.2) is 24.3 Å². The molecule has 0 fully saturated rings. The van der Waals surface area contributed by atoms with Gasteiger partial charge in [-0.15, -0.1) is 0 Å². The molecule has 0 saturated heterocycles. The summed E-state index contributed by atoms with van der Waals surface area (Å²) in [6.07, 6.45) is -1.97. The van der Waals surface area contributed by atoms with Crippen molar-refractivity contribution >= 4 is 6.09 Å². The number of phenols is 1. The van der Waals surface area contributed by atoms with Crippen molar-refractivity contribution in [2.75, 3.05) is 13.6 Å². The lowest BCUT2D eigenvalue weighted by Crippen LogP contribution is -2.29. The molecule has 0 aliphatic rings. The number of phenolic OH excluding ortho intramolecular Hbond substituents is 1. The van der Waals surface area contributed by atoms with Crippen LogP contribution in [0.1, 0.15) is 11.7 Å². The minimum absolute atomic E-state index is 0.000108. The van der Waals surface area contributed by atoms with Gasteiger partial charge in [0.2, 0.25) is 0 Å². The van der Waals surface area contributed by atoms with Gasteiger partial charge in [-0.25, -0.2) is 4.79 Å². The maximum Gasteiger partial charge on any atom is 0.407 e. The summed E-state index contributed by atoms with van der Waals surface area (Å²) in [6.45, 7) is 0.000108. The van der Waals surface area contributed by atoms with Crippen molar-refractivity contribution in [3.63, 3.8) is 0 Å². The molecule has 15 heavy (non-hydrogen) atoms. The van der Waals surface area contributed by atoms with E-state index in [-0.39, 0.29) is 12.3 Å². The maximum absolute atomic E-state index is 10.5. The Hall–Kier alpha value is -1.75. The first-order valence-corrected chi connectivity index (χ1v) is 4.41. The summed E-state index contributed by atoms with van der Waals surface area (Å²) >= 11 is 0. The van der Waals surface area contributed by atoms with Crippen molar-refractivity contribution in [3.8, 4) is 5.75 Å². The zero-order valence-corrected chi connectivity index (χ0v) is 8.29. The first-order chi connectivity index (χ1) is 7.00. The van der Waals surface area contributed by atoms with Crippen LogP contribution in [-0.2, 0) is 0 Å². The highest BCUT2D eigenvalue weighted by Gasteiger charge is 2.13. The van der Waals surface area contributed by atoms with E-state index in [1.165, 1.54) is 19.2 Å². The molecule has 82 valence electrons. The number of carboxylic acid groups (broad SMARTS) is 1. The van der Waals surface area contributed by atoms with E-state index >= 15 is 0 Å². The Balaban J connectivity index is 2.64. The van der Waals surface area contributed by atoms with Crippen molar-refractivity contribution < 1.29 is 20.1 Å². The van der Waals surface area contributed by atoms with Crippen LogP contribution in [-0.4, -0.2) is 39.9 Å². The van der Waals surface area contributed by atoms with Crippen LogP contribution in [0.4, 0.5) is 4.79 Å². The van der Waals surface area contributed by atoms with Gasteiger partial charge in [-0.05, 0) is 17.7 Å². The quantitative estimate of drug-likeness (QED) is 0.697. The van der Waals surface area contributed by atoms with Crippen LogP contribution in [0.5, 0.6) is 5.75 Å². The van der Waals surface area contributed by atoms with Crippen molar-refractivity contribution in [1.82, 2.24) is 4.90 Å². The standard InChI is InChI=1S/C10H13NO4/c1-11(10(14)15)6-9(13)7-2-4-8(12)5-3-7/h2-5,9,12-13H,6H2,1H3,(H,14,15). The van der Waals surface area contributed by atoms with Crippen molar-refractivity contribution in [2.24, 2.45) is 0 Å². The summed E-state index contributed by atoms with van der Waals surface area (Å²) in [5, 5.41) is 27.3. The van der Waals surface area contributed by atoms with E-state index in [1.807, 2.05) is 0 Å². The number of aliphatic hydroxyl groups is 1. The summed E-state index contributed by atoms with van der Waals surface area (Å²) in [5.74, 6) is 0.109. The van der Waals surface area contributed by atoms with Gasteiger partial charge in [-0.3, -0.25) is 0 Å². The molecular weight excluding hydrogens is 198 g/mol. The number of hydrogen-bond donors (Lipinski definition) is 3. The van der Waals surface area contributed by atoms with Gasteiger partial charge in [-0.1, -0.05) is 12.1 Å². The molecule has 1 amide bonds. The van der Waals surface area contributed by atoms with Crippen LogP contribution >= 0.6 is 0 Å². The molecule has 0 radical (unpaired) electrons. The van der Waals surface area contributed by atoms with E-state index in [9.17, 15) is 9.90 Å². The molecule has 1 unspecified atom stereocenters. The Labute approximate surface area is 87.2 Å². The van der Waals surface area contributed by atoms with E-state index in [0.29, 0.717) is 5.56 Å². The Morgan fingerprint density at radius 2 is 1.93 bits per heavy atom. The second kappa shape index (κ2) is 4.65. The number of rotatable bonds is 3. The average molecular weight is 211 g/mol. The van der Waals surface area contributed by atoms with Crippen molar-refractivity contribution in [2.45, 2.75) is 6.10 Å².